The van der Waals surface area contributed by atoms with Gasteiger partial charge in [-0.2, -0.15) is 0 Å². The second-order valence-corrected chi connectivity index (χ2v) is 5.81. The first-order chi connectivity index (χ1) is 10.8. The number of aromatic nitrogens is 2. The fourth-order valence-corrected chi connectivity index (χ4v) is 2.31. The van der Waals surface area contributed by atoms with Crippen molar-refractivity contribution in [2.45, 2.75) is 44.7 Å². The van der Waals surface area contributed by atoms with Crippen molar-refractivity contribution in [1.29, 1.82) is 0 Å². The van der Waals surface area contributed by atoms with Crippen LogP contribution in [0.5, 0.6) is 0 Å². The number of aromatic amines is 1. The molecule has 2 rings (SSSR count). The predicted molar refractivity (Wildman–Crippen MR) is 79.6 cm³/mol. The average Bonchev–Trinajstić information content (AvgIpc) is 2.88. The van der Waals surface area contributed by atoms with Crippen molar-refractivity contribution in [3.8, 4) is 0 Å². The van der Waals surface area contributed by atoms with Crippen LogP contribution in [0.2, 0.25) is 0 Å². The molecular formula is C14H21N3O6. The minimum atomic E-state index is -0.774. The van der Waals surface area contributed by atoms with Crippen LogP contribution >= 0.6 is 0 Å². The van der Waals surface area contributed by atoms with Crippen molar-refractivity contribution >= 4 is 5.97 Å². The number of carbonyl (C=O) groups is 1. The summed E-state index contributed by atoms with van der Waals surface area (Å²) in [7, 11) is 0. The molecule has 4 atom stereocenters. The van der Waals surface area contributed by atoms with Gasteiger partial charge in [-0.15, -0.1) is 0 Å². The summed E-state index contributed by atoms with van der Waals surface area (Å²) in [6.45, 7) is 3.22. The smallest absolute Gasteiger partial charge is 0.330 e. The van der Waals surface area contributed by atoms with Crippen LogP contribution in [-0.2, 0) is 14.3 Å². The van der Waals surface area contributed by atoms with E-state index < -0.39 is 41.7 Å². The SMILES string of the molecule is CC(C)[C@H](N)C(=O)OC1C[C@@H](n2ccc(=O)[nH]c2=O)O[C@H]1CO. The highest BCUT2D eigenvalue weighted by molar-refractivity contribution is 5.76. The molecule has 1 aromatic rings. The second-order valence-electron chi connectivity index (χ2n) is 5.81. The first-order valence-electron chi connectivity index (χ1n) is 7.37. The summed E-state index contributed by atoms with van der Waals surface area (Å²) < 4.78 is 12.0. The topological polar surface area (TPSA) is 137 Å². The maximum Gasteiger partial charge on any atom is 0.330 e. The average molecular weight is 327 g/mol. The molecule has 1 aliphatic rings. The van der Waals surface area contributed by atoms with Crippen LogP contribution in [-0.4, -0.2) is 45.5 Å². The number of aliphatic hydroxyl groups is 1. The van der Waals surface area contributed by atoms with Gasteiger partial charge in [0.2, 0.25) is 0 Å². The molecule has 9 nitrogen and oxygen atoms in total. The van der Waals surface area contributed by atoms with Gasteiger partial charge in [-0.3, -0.25) is 19.1 Å². The van der Waals surface area contributed by atoms with Gasteiger partial charge in [-0.1, -0.05) is 13.8 Å². The molecule has 2 heterocycles. The quantitative estimate of drug-likeness (QED) is 0.572. The summed E-state index contributed by atoms with van der Waals surface area (Å²) >= 11 is 0. The first kappa shape index (κ1) is 17.4. The molecule has 0 radical (unpaired) electrons. The lowest BCUT2D eigenvalue weighted by atomic mass is 10.1. The third-order valence-electron chi connectivity index (χ3n) is 3.78. The molecule has 0 bridgehead atoms. The van der Waals surface area contributed by atoms with Crippen LogP contribution in [0.1, 0.15) is 26.5 Å². The van der Waals surface area contributed by atoms with E-state index in [-0.39, 0.29) is 18.9 Å². The third kappa shape index (κ3) is 3.87. The Morgan fingerprint density at radius 3 is 2.83 bits per heavy atom. The van der Waals surface area contributed by atoms with Crippen molar-refractivity contribution in [3.63, 3.8) is 0 Å². The number of rotatable bonds is 5. The van der Waals surface area contributed by atoms with Gasteiger partial charge in [0.05, 0.1) is 6.61 Å². The number of hydrogen-bond acceptors (Lipinski definition) is 7. The monoisotopic (exact) mass is 327 g/mol. The maximum atomic E-state index is 12.0. The number of hydrogen-bond donors (Lipinski definition) is 3. The minimum absolute atomic E-state index is 0.0880. The van der Waals surface area contributed by atoms with Gasteiger partial charge in [0.25, 0.3) is 5.56 Å². The lowest BCUT2D eigenvalue weighted by Crippen LogP contribution is -2.41. The summed E-state index contributed by atoms with van der Waals surface area (Å²) in [6, 6.07) is 0.413. The molecule has 0 aromatic carbocycles. The van der Waals surface area contributed by atoms with Gasteiger partial charge in [0.15, 0.2) is 0 Å². The number of aliphatic hydroxyl groups excluding tert-OH is 1. The zero-order chi connectivity index (χ0) is 17.1. The Bertz CT molecular complexity index is 667. The molecule has 23 heavy (non-hydrogen) atoms. The Balaban J connectivity index is 2.12. The van der Waals surface area contributed by atoms with Gasteiger partial charge in [0.1, 0.15) is 24.5 Å². The second kappa shape index (κ2) is 7.07. The molecule has 1 saturated heterocycles. The van der Waals surface area contributed by atoms with E-state index in [0.717, 1.165) is 0 Å². The molecule has 1 aromatic heterocycles. The first-order valence-corrected chi connectivity index (χ1v) is 7.37. The fourth-order valence-electron chi connectivity index (χ4n) is 2.31. The van der Waals surface area contributed by atoms with Crippen molar-refractivity contribution < 1.29 is 19.4 Å². The number of nitrogens with two attached hydrogens (primary N) is 1. The van der Waals surface area contributed by atoms with Crippen molar-refractivity contribution in [2.24, 2.45) is 11.7 Å². The Labute approximate surface area is 132 Å². The molecule has 1 fully saturated rings. The molecule has 0 spiro atoms. The Hall–Kier alpha value is -1.97. The lowest BCUT2D eigenvalue weighted by Gasteiger charge is -2.20. The number of carbonyl (C=O) groups excluding carboxylic acids is 1. The Kier molecular flexibility index (Phi) is 5.34. The van der Waals surface area contributed by atoms with Crippen LogP contribution in [0.25, 0.3) is 0 Å². The van der Waals surface area contributed by atoms with Crippen molar-refractivity contribution in [3.05, 3.63) is 33.1 Å². The number of ether oxygens (including phenoxy) is 2. The van der Waals surface area contributed by atoms with Crippen LogP contribution < -0.4 is 17.0 Å². The fraction of sp³-hybridized carbons (Fsp3) is 0.643. The molecule has 4 N–H and O–H groups in total. The number of nitrogens with one attached hydrogen (secondary N) is 1. The van der Waals surface area contributed by atoms with Crippen LogP contribution in [0.4, 0.5) is 0 Å². The van der Waals surface area contributed by atoms with E-state index in [0.29, 0.717) is 0 Å². The standard InChI is InChI=1S/C14H21N3O6/c1-7(2)12(15)13(20)23-8-5-11(22-9(8)6-18)17-4-3-10(19)16-14(17)21/h3-4,7-9,11-12,18H,5-6,15H2,1-2H3,(H,16,19,21)/t8?,9-,11-,12-/m0/s1. The highest BCUT2D eigenvalue weighted by Crippen LogP contribution is 2.29. The Morgan fingerprint density at radius 2 is 2.26 bits per heavy atom. The van der Waals surface area contributed by atoms with E-state index in [1.165, 1.54) is 16.8 Å². The zero-order valence-corrected chi connectivity index (χ0v) is 13.0. The highest BCUT2D eigenvalue weighted by atomic mass is 16.6. The maximum absolute atomic E-state index is 12.0. The Morgan fingerprint density at radius 1 is 1.57 bits per heavy atom. The van der Waals surface area contributed by atoms with Gasteiger partial charge >= 0.3 is 11.7 Å². The van der Waals surface area contributed by atoms with Crippen LogP contribution in [0.3, 0.4) is 0 Å². The van der Waals surface area contributed by atoms with E-state index in [1.807, 2.05) is 0 Å². The van der Waals surface area contributed by atoms with E-state index >= 15 is 0 Å². The summed E-state index contributed by atoms with van der Waals surface area (Å²) in [6.07, 6.45) is -0.759. The normalized spacial score (nSPS) is 25.5. The van der Waals surface area contributed by atoms with E-state index in [9.17, 15) is 19.5 Å². The van der Waals surface area contributed by atoms with E-state index in [1.54, 1.807) is 13.8 Å². The van der Waals surface area contributed by atoms with Gasteiger partial charge in [0, 0.05) is 18.7 Å². The largest absolute Gasteiger partial charge is 0.458 e. The van der Waals surface area contributed by atoms with Gasteiger partial charge in [-0.05, 0) is 5.92 Å². The predicted octanol–water partition coefficient (Wildman–Crippen LogP) is -1.29. The summed E-state index contributed by atoms with van der Waals surface area (Å²) in [5, 5.41) is 9.38. The van der Waals surface area contributed by atoms with Crippen molar-refractivity contribution in [2.75, 3.05) is 6.61 Å². The van der Waals surface area contributed by atoms with Gasteiger partial charge < -0.3 is 20.3 Å². The summed E-state index contributed by atoms with van der Waals surface area (Å²) in [5.74, 6) is -0.670. The van der Waals surface area contributed by atoms with Crippen LogP contribution in [0, 0.1) is 5.92 Å². The highest BCUT2D eigenvalue weighted by Gasteiger charge is 2.39. The van der Waals surface area contributed by atoms with Crippen LogP contribution in [0.15, 0.2) is 21.9 Å². The van der Waals surface area contributed by atoms with E-state index in [4.69, 9.17) is 15.2 Å². The molecule has 1 unspecified atom stereocenters. The number of nitrogens with zero attached hydrogens (tertiary/aromatic N) is 1. The lowest BCUT2D eigenvalue weighted by molar-refractivity contribution is -0.155. The summed E-state index contributed by atoms with van der Waals surface area (Å²) in [4.78, 5) is 37.0. The molecule has 9 heteroatoms. The summed E-state index contributed by atoms with van der Waals surface area (Å²) in [5.41, 5.74) is 4.58. The zero-order valence-electron chi connectivity index (χ0n) is 13.0. The molecule has 1 aliphatic heterocycles. The third-order valence-corrected chi connectivity index (χ3v) is 3.78. The van der Waals surface area contributed by atoms with Crippen molar-refractivity contribution in [1.82, 2.24) is 9.55 Å². The molecule has 128 valence electrons. The molecule has 0 amide bonds. The van der Waals surface area contributed by atoms with Gasteiger partial charge in [-0.25, -0.2) is 4.79 Å². The number of esters is 1. The number of H-pyrrole nitrogens is 1. The molecular weight excluding hydrogens is 306 g/mol. The molecule has 0 saturated carbocycles. The molecule has 0 aliphatic carbocycles. The van der Waals surface area contributed by atoms with E-state index in [2.05, 4.69) is 4.98 Å². The minimum Gasteiger partial charge on any atom is -0.458 e.